The molecule has 0 aromatic rings. The highest BCUT2D eigenvalue weighted by atomic mass is 16.5. The van der Waals surface area contributed by atoms with E-state index < -0.39 is 0 Å². The summed E-state index contributed by atoms with van der Waals surface area (Å²) in [5.74, 6) is 1.39. The lowest BCUT2D eigenvalue weighted by molar-refractivity contribution is -0.0835. The molecule has 6 heteroatoms. The summed E-state index contributed by atoms with van der Waals surface area (Å²) in [6.45, 7) is 11.8. The molecule has 0 aromatic carbocycles. The van der Waals surface area contributed by atoms with Crippen molar-refractivity contribution in [1.82, 2.24) is 10.6 Å². The van der Waals surface area contributed by atoms with Crippen molar-refractivity contribution < 1.29 is 14.2 Å². The molecule has 0 saturated carbocycles. The summed E-state index contributed by atoms with van der Waals surface area (Å²) in [6.07, 6.45) is 6.23. The van der Waals surface area contributed by atoms with E-state index in [1.807, 2.05) is 7.05 Å². The van der Waals surface area contributed by atoms with Crippen molar-refractivity contribution in [2.75, 3.05) is 46.6 Å². The molecule has 2 saturated heterocycles. The quantitative estimate of drug-likeness (QED) is 0.391. The van der Waals surface area contributed by atoms with Crippen molar-refractivity contribution in [3.8, 4) is 0 Å². The second kappa shape index (κ2) is 11.1. The molecule has 3 unspecified atom stereocenters. The summed E-state index contributed by atoms with van der Waals surface area (Å²) >= 11 is 0. The lowest BCUT2D eigenvalue weighted by atomic mass is 9.78. The Kier molecular flexibility index (Phi) is 9.16. The van der Waals surface area contributed by atoms with Crippen LogP contribution in [-0.4, -0.2) is 64.7 Å². The Hall–Kier alpha value is -0.850. The van der Waals surface area contributed by atoms with Gasteiger partial charge in [0.1, 0.15) is 0 Å². The third kappa shape index (κ3) is 7.41. The lowest BCUT2D eigenvalue weighted by Crippen LogP contribution is -2.47. The van der Waals surface area contributed by atoms with E-state index >= 15 is 0 Å². The molecule has 2 heterocycles. The van der Waals surface area contributed by atoms with Crippen LogP contribution in [0.3, 0.4) is 0 Å². The minimum absolute atomic E-state index is 0.171. The Morgan fingerprint density at radius 3 is 2.58 bits per heavy atom. The molecule has 6 nitrogen and oxygen atoms in total. The van der Waals surface area contributed by atoms with Crippen molar-refractivity contribution in [2.45, 2.75) is 65.1 Å². The molecule has 26 heavy (non-hydrogen) atoms. The van der Waals surface area contributed by atoms with Gasteiger partial charge in [0.2, 0.25) is 0 Å². The predicted octanol–water partition coefficient (Wildman–Crippen LogP) is 2.58. The highest BCUT2D eigenvalue weighted by molar-refractivity contribution is 5.79. The molecule has 2 N–H and O–H groups in total. The van der Waals surface area contributed by atoms with Crippen molar-refractivity contribution in [3.05, 3.63) is 0 Å². The number of nitrogens with zero attached hydrogens (tertiary/aromatic N) is 1. The summed E-state index contributed by atoms with van der Waals surface area (Å²) in [4.78, 5) is 4.33. The zero-order valence-corrected chi connectivity index (χ0v) is 17.2. The number of aliphatic imine (C=N–C) groups is 1. The molecule has 0 radical (unpaired) electrons. The third-order valence-corrected chi connectivity index (χ3v) is 5.14. The van der Waals surface area contributed by atoms with E-state index in [2.05, 4.69) is 36.4 Å². The third-order valence-electron chi connectivity index (χ3n) is 5.14. The highest BCUT2D eigenvalue weighted by Gasteiger charge is 2.35. The number of hydrogen-bond donors (Lipinski definition) is 2. The van der Waals surface area contributed by atoms with Crippen molar-refractivity contribution in [1.29, 1.82) is 0 Å². The molecule has 0 aliphatic carbocycles. The van der Waals surface area contributed by atoms with Gasteiger partial charge >= 0.3 is 0 Å². The van der Waals surface area contributed by atoms with Crippen LogP contribution in [0, 0.1) is 11.3 Å². The molecule has 2 rings (SSSR count). The smallest absolute Gasteiger partial charge is 0.190 e. The van der Waals surface area contributed by atoms with Crippen molar-refractivity contribution >= 4 is 5.96 Å². The molecule has 2 aliphatic rings. The first-order chi connectivity index (χ1) is 12.5. The fourth-order valence-corrected chi connectivity index (χ4v) is 3.83. The highest BCUT2D eigenvalue weighted by Crippen LogP contribution is 2.33. The maximum atomic E-state index is 6.06. The Morgan fingerprint density at radius 2 is 1.88 bits per heavy atom. The fraction of sp³-hybridized carbons (Fsp3) is 0.950. The minimum atomic E-state index is 0.171. The molecule has 0 amide bonds. The summed E-state index contributed by atoms with van der Waals surface area (Å²) < 4.78 is 17.3. The van der Waals surface area contributed by atoms with E-state index in [4.69, 9.17) is 14.2 Å². The second-order valence-electron chi connectivity index (χ2n) is 8.50. The second-order valence-corrected chi connectivity index (χ2v) is 8.50. The van der Waals surface area contributed by atoms with Gasteiger partial charge in [-0.3, -0.25) is 4.99 Å². The maximum absolute atomic E-state index is 6.06. The van der Waals surface area contributed by atoms with Gasteiger partial charge in [0.15, 0.2) is 5.96 Å². The molecule has 0 spiro atoms. The first kappa shape index (κ1) is 21.5. The van der Waals surface area contributed by atoms with Crippen LogP contribution in [0.1, 0.15) is 52.9 Å². The van der Waals surface area contributed by atoms with Crippen LogP contribution in [0.25, 0.3) is 0 Å². The average Bonchev–Trinajstić information content (AvgIpc) is 3.13. The monoisotopic (exact) mass is 369 g/mol. The van der Waals surface area contributed by atoms with Crippen molar-refractivity contribution in [2.24, 2.45) is 16.3 Å². The SMILES string of the molecule is CN=C(NCCCOCC1CCCO1)NCC1CCCOC1C(C)(C)C. The molecular formula is C20H39N3O3. The molecule has 3 atom stereocenters. The van der Waals surface area contributed by atoms with Gasteiger partial charge < -0.3 is 24.8 Å². The van der Waals surface area contributed by atoms with E-state index in [-0.39, 0.29) is 5.41 Å². The standard InChI is InChI=1S/C20H39N3O3/c1-20(2,3)18-16(8-5-13-26-18)14-23-19(21-4)22-10-7-11-24-15-17-9-6-12-25-17/h16-18H,5-15H2,1-4H3,(H2,21,22,23). The molecule has 0 bridgehead atoms. The van der Waals surface area contributed by atoms with Gasteiger partial charge in [-0.25, -0.2) is 0 Å². The van der Waals surface area contributed by atoms with E-state index in [1.54, 1.807) is 0 Å². The number of nitrogens with one attached hydrogen (secondary N) is 2. The van der Waals surface area contributed by atoms with Crippen LogP contribution in [0.2, 0.25) is 0 Å². The van der Waals surface area contributed by atoms with Gasteiger partial charge in [0.25, 0.3) is 0 Å². The van der Waals surface area contributed by atoms with Crippen LogP contribution < -0.4 is 10.6 Å². The molecular weight excluding hydrogens is 330 g/mol. The number of hydrogen-bond acceptors (Lipinski definition) is 4. The van der Waals surface area contributed by atoms with Crippen LogP contribution in [0.15, 0.2) is 4.99 Å². The zero-order valence-electron chi connectivity index (χ0n) is 17.2. The van der Waals surface area contributed by atoms with Crippen LogP contribution in [0.5, 0.6) is 0 Å². The summed E-state index contributed by atoms with van der Waals surface area (Å²) in [5, 5.41) is 6.85. The van der Waals surface area contributed by atoms with Gasteiger partial charge in [0, 0.05) is 45.9 Å². The lowest BCUT2D eigenvalue weighted by Gasteiger charge is -2.40. The normalized spacial score (nSPS) is 27.5. The molecule has 152 valence electrons. The number of rotatable bonds is 8. The Bertz CT molecular complexity index is 417. The molecule has 2 aliphatic heterocycles. The first-order valence-electron chi connectivity index (χ1n) is 10.3. The summed E-state index contributed by atoms with van der Waals surface area (Å²) in [7, 11) is 1.82. The number of guanidine groups is 1. The van der Waals surface area contributed by atoms with Crippen LogP contribution in [0.4, 0.5) is 0 Å². The Morgan fingerprint density at radius 1 is 1.12 bits per heavy atom. The Balaban J connectivity index is 1.59. The van der Waals surface area contributed by atoms with E-state index in [0.717, 1.165) is 64.7 Å². The van der Waals surface area contributed by atoms with Gasteiger partial charge in [0.05, 0.1) is 18.8 Å². The zero-order chi connectivity index (χ0) is 18.8. The van der Waals surface area contributed by atoms with Crippen molar-refractivity contribution in [3.63, 3.8) is 0 Å². The van der Waals surface area contributed by atoms with Gasteiger partial charge in [-0.05, 0) is 37.5 Å². The maximum Gasteiger partial charge on any atom is 0.190 e. The van der Waals surface area contributed by atoms with Gasteiger partial charge in [-0.2, -0.15) is 0 Å². The van der Waals surface area contributed by atoms with E-state index in [9.17, 15) is 0 Å². The van der Waals surface area contributed by atoms with Gasteiger partial charge in [-0.1, -0.05) is 20.8 Å². The average molecular weight is 370 g/mol. The van der Waals surface area contributed by atoms with E-state index in [1.165, 1.54) is 12.8 Å². The summed E-state index contributed by atoms with van der Waals surface area (Å²) in [5.41, 5.74) is 0.171. The molecule has 0 aromatic heterocycles. The first-order valence-corrected chi connectivity index (χ1v) is 10.3. The van der Waals surface area contributed by atoms with E-state index in [0.29, 0.717) is 18.1 Å². The number of ether oxygens (including phenoxy) is 3. The van der Waals surface area contributed by atoms with Gasteiger partial charge in [-0.15, -0.1) is 0 Å². The topological polar surface area (TPSA) is 64.1 Å². The Labute approximate surface area is 159 Å². The van der Waals surface area contributed by atoms with Crippen LogP contribution >= 0.6 is 0 Å². The largest absolute Gasteiger partial charge is 0.379 e. The minimum Gasteiger partial charge on any atom is -0.379 e. The molecule has 2 fully saturated rings. The summed E-state index contributed by atoms with van der Waals surface area (Å²) in [6, 6.07) is 0. The fourth-order valence-electron chi connectivity index (χ4n) is 3.83. The predicted molar refractivity (Wildman–Crippen MR) is 106 cm³/mol. The van der Waals surface area contributed by atoms with Crippen LogP contribution in [-0.2, 0) is 14.2 Å².